The van der Waals surface area contributed by atoms with Crippen LogP contribution in [-0.4, -0.2) is 16.6 Å². The fourth-order valence-electron chi connectivity index (χ4n) is 0.865. The van der Waals surface area contributed by atoms with Gasteiger partial charge >= 0.3 is 11.5 Å². The topological polar surface area (TPSA) is 37.3 Å². The quantitative estimate of drug-likeness (QED) is 0.845. The monoisotopic (exact) mass is 300 g/mol. The Kier molecular flexibility index (Phi) is 3.67. The van der Waals surface area contributed by atoms with Crippen molar-refractivity contribution in [1.82, 2.24) is 0 Å². The van der Waals surface area contributed by atoms with Crippen molar-refractivity contribution in [2.24, 2.45) is 0 Å². The number of carboxylic acid groups (broad SMARTS) is 1. The maximum atomic E-state index is 12.0. The Morgan fingerprint density at radius 1 is 1.40 bits per heavy atom. The minimum atomic E-state index is -4.41. The number of rotatable bonds is 2. The zero-order valence-electron chi connectivity index (χ0n) is 7.01. The fourth-order valence-corrected chi connectivity index (χ4v) is 1.86. The van der Waals surface area contributed by atoms with Crippen LogP contribution in [0.3, 0.4) is 0 Å². The van der Waals surface area contributed by atoms with Gasteiger partial charge in [0.2, 0.25) is 0 Å². The Morgan fingerprint density at radius 2 is 2.00 bits per heavy atom. The Balaban J connectivity index is 3.03. The average Bonchev–Trinajstić information content (AvgIpc) is 2.05. The van der Waals surface area contributed by atoms with E-state index in [1.54, 1.807) is 0 Å². The summed E-state index contributed by atoms with van der Waals surface area (Å²) in [5, 5.41) is 8.67. The molecule has 0 fully saturated rings. The van der Waals surface area contributed by atoms with Gasteiger partial charge in [0, 0.05) is 9.37 Å². The molecule has 7 heteroatoms. The van der Waals surface area contributed by atoms with Crippen LogP contribution in [0, 0.1) is 0 Å². The number of carbonyl (C=O) groups is 1. The Labute approximate surface area is 95.6 Å². The van der Waals surface area contributed by atoms with Crippen LogP contribution in [0.25, 0.3) is 0 Å². The van der Waals surface area contributed by atoms with E-state index in [-0.39, 0.29) is 26.7 Å². The van der Waals surface area contributed by atoms with Gasteiger partial charge in [-0.2, -0.15) is 13.2 Å². The van der Waals surface area contributed by atoms with Gasteiger partial charge < -0.3 is 5.11 Å². The maximum Gasteiger partial charge on any atom is 0.446 e. The average molecular weight is 301 g/mol. The SMILES string of the molecule is O=C(O)c1cc(SC(F)(F)F)ccc1Br. The summed E-state index contributed by atoms with van der Waals surface area (Å²) < 4.78 is 36.2. The molecule has 0 heterocycles. The van der Waals surface area contributed by atoms with E-state index >= 15 is 0 Å². The van der Waals surface area contributed by atoms with E-state index in [0.717, 1.165) is 6.07 Å². The van der Waals surface area contributed by atoms with E-state index in [4.69, 9.17) is 5.11 Å². The van der Waals surface area contributed by atoms with Crippen LogP contribution in [0.15, 0.2) is 27.6 Å². The van der Waals surface area contributed by atoms with Gasteiger partial charge in [-0.15, -0.1) is 0 Å². The molecule has 0 aliphatic heterocycles. The molecule has 0 aromatic heterocycles. The van der Waals surface area contributed by atoms with Gasteiger partial charge in [0.05, 0.1) is 5.56 Å². The highest BCUT2D eigenvalue weighted by molar-refractivity contribution is 9.10. The molecule has 0 radical (unpaired) electrons. The first-order valence-corrected chi connectivity index (χ1v) is 5.19. The van der Waals surface area contributed by atoms with Gasteiger partial charge in [-0.25, -0.2) is 4.79 Å². The molecule has 0 atom stereocenters. The number of hydrogen-bond acceptors (Lipinski definition) is 2. The molecule has 0 aliphatic carbocycles. The summed E-state index contributed by atoms with van der Waals surface area (Å²) in [6, 6.07) is 3.46. The summed E-state index contributed by atoms with van der Waals surface area (Å²) in [5.74, 6) is -1.27. The van der Waals surface area contributed by atoms with Crippen LogP contribution >= 0.6 is 27.7 Å². The predicted molar refractivity (Wildman–Crippen MR) is 53.0 cm³/mol. The lowest BCUT2D eigenvalue weighted by molar-refractivity contribution is -0.0328. The van der Waals surface area contributed by atoms with Crippen molar-refractivity contribution < 1.29 is 23.1 Å². The number of hydrogen-bond donors (Lipinski definition) is 1. The lowest BCUT2D eigenvalue weighted by Gasteiger charge is -2.06. The van der Waals surface area contributed by atoms with E-state index in [9.17, 15) is 18.0 Å². The first-order chi connectivity index (χ1) is 6.79. The van der Waals surface area contributed by atoms with E-state index in [0.29, 0.717) is 0 Å². The van der Waals surface area contributed by atoms with Crippen molar-refractivity contribution in [2.75, 3.05) is 0 Å². The molecule has 0 aliphatic rings. The molecule has 1 rings (SSSR count). The van der Waals surface area contributed by atoms with Gasteiger partial charge in [-0.05, 0) is 45.9 Å². The van der Waals surface area contributed by atoms with Crippen LogP contribution in [0.5, 0.6) is 0 Å². The van der Waals surface area contributed by atoms with Gasteiger partial charge in [0.25, 0.3) is 0 Å². The van der Waals surface area contributed by atoms with Gasteiger partial charge in [0.15, 0.2) is 0 Å². The molecule has 1 aromatic carbocycles. The number of halogens is 4. The van der Waals surface area contributed by atoms with Crippen LogP contribution < -0.4 is 0 Å². The summed E-state index contributed by atoms with van der Waals surface area (Å²) in [4.78, 5) is 10.5. The third-order valence-corrected chi connectivity index (χ3v) is 2.81. The third kappa shape index (κ3) is 3.75. The molecule has 15 heavy (non-hydrogen) atoms. The predicted octanol–water partition coefficient (Wildman–Crippen LogP) is 3.76. The first-order valence-electron chi connectivity index (χ1n) is 3.58. The lowest BCUT2D eigenvalue weighted by Crippen LogP contribution is -2.01. The zero-order chi connectivity index (χ0) is 11.6. The highest BCUT2D eigenvalue weighted by atomic mass is 79.9. The number of thioether (sulfide) groups is 1. The molecular weight excluding hydrogens is 297 g/mol. The van der Waals surface area contributed by atoms with Crippen molar-refractivity contribution in [1.29, 1.82) is 0 Å². The van der Waals surface area contributed by atoms with Gasteiger partial charge in [0.1, 0.15) is 0 Å². The van der Waals surface area contributed by atoms with E-state index in [1.165, 1.54) is 12.1 Å². The molecule has 1 aromatic rings. The van der Waals surface area contributed by atoms with Gasteiger partial charge in [-0.1, -0.05) is 0 Å². The Morgan fingerprint density at radius 3 is 2.47 bits per heavy atom. The molecule has 0 saturated heterocycles. The first kappa shape index (κ1) is 12.4. The van der Waals surface area contributed by atoms with Crippen LogP contribution in [0.1, 0.15) is 10.4 Å². The van der Waals surface area contributed by atoms with E-state index < -0.39 is 11.5 Å². The molecular formula is C8H4BrF3O2S. The Bertz CT molecular complexity index is 392. The smallest absolute Gasteiger partial charge is 0.446 e. The van der Waals surface area contributed by atoms with Crippen molar-refractivity contribution >= 4 is 33.7 Å². The molecule has 82 valence electrons. The van der Waals surface area contributed by atoms with Gasteiger partial charge in [-0.3, -0.25) is 0 Å². The molecule has 0 spiro atoms. The highest BCUT2D eigenvalue weighted by Gasteiger charge is 2.29. The summed E-state index contributed by atoms with van der Waals surface area (Å²) in [6.07, 6.45) is 0. The summed E-state index contributed by atoms with van der Waals surface area (Å²) in [7, 11) is 0. The van der Waals surface area contributed by atoms with Crippen LogP contribution in [0.4, 0.5) is 13.2 Å². The standard InChI is InChI=1S/C8H4BrF3O2S/c9-6-2-1-4(15-8(10,11)12)3-5(6)7(13)14/h1-3H,(H,13,14). The maximum absolute atomic E-state index is 12.0. The van der Waals surface area contributed by atoms with Crippen LogP contribution in [-0.2, 0) is 0 Å². The van der Waals surface area contributed by atoms with E-state index in [1.807, 2.05) is 0 Å². The number of alkyl halides is 3. The second kappa shape index (κ2) is 4.44. The summed E-state index contributed by atoms with van der Waals surface area (Å²) in [5.41, 5.74) is -4.60. The second-order valence-corrected chi connectivity index (χ2v) is 4.49. The Hall–Kier alpha value is -0.690. The normalized spacial score (nSPS) is 11.5. The minimum absolute atomic E-state index is 0.150. The molecule has 0 unspecified atom stereocenters. The van der Waals surface area contributed by atoms with Crippen LogP contribution in [0.2, 0.25) is 0 Å². The largest absolute Gasteiger partial charge is 0.478 e. The van der Waals surface area contributed by atoms with Crippen molar-refractivity contribution in [3.63, 3.8) is 0 Å². The molecule has 0 amide bonds. The second-order valence-electron chi connectivity index (χ2n) is 2.49. The lowest BCUT2D eigenvalue weighted by atomic mass is 10.2. The van der Waals surface area contributed by atoms with Crippen molar-refractivity contribution in [3.05, 3.63) is 28.2 Å². The number of benzene rings is 1. The van der Waals surface area contributed by atoms with Crippen molar-refractivity contribution in [3.8, 4) is 0 Å². The molecule has 1 N–H and O–H groups in total. The fraction of sp³-hybridized carbons (Fsp3) is 0.125. The van der Waals surface area contributed by atoms with E-state index in [2.05, 4.69) is 15.9 Å². The number of carboxylic acids is 1. The minimum Gasteiger partial charge on any atom is -0.478 e. The van der Waals surface area contributed by atoms with Crippen molar-refractivity contribution in [2.45, 2.75) is 10.4 Å². The zero-order valence-corrected chi connectivity index (χ0v) is 9.41. The third-order valence-electron chi connectivity index (χ3n) is 1.40. The molecule has 2 nitrogen and oxygen atoms in total. The molecule has 0 bridgehead atoms. The highest BCUT2D eigenvalue weighted by Crippen LogP contribution is 2.37. The summed E-state index contributed by atoms with van der Waals surface area (Å²) >= 11 is 2.60. The summed E-state index contributed by atoms with van der Waals surface area (Å²) in [6.45, 7) is 0. The number of aromatic carboxylic acids is 1. The molecule has 0 saturated carbocycles.